The first-order chi connectivity index (χ1) is 16.8. The molecule has 0 aliphatic rings. The molecule has 180 valence electrons. The molecule has 0 saturated carbocycles. The monoisotopic (exact) mass is 574 g/mol. The van der Waals surface area contributed by atoms with E-state index in [0.717, 1.165) is 5.56 Å². The average molecular weight is 576 g/mol. The third kappa shape index (κ3) is 7.15. The number of nitrogens with zero attached hydrogens (tertiary/aromatic N) is 1. The van der Waals surface area contributed by atoms with Crippen LogP contribution in [-0.2, 0) is 11.4 Å². The number of nitriles is 1. The molecule has 0 fully saturated rings. The molecule has 9 heteroatoms. The topological polar surface area (TPSA) is 80.6 Å². The highest BCUT2D eigenvalue weighted by atomic mass is 79.9. The van der Waals surface area contributed by atoms with E-state index in [1.807, 2.05) is 13.0 Å². The van der Waals surface area contributed by atoms with Crippen LogP contribution in [0.4, 0.5) is 5.69 Å². The van der Waals surface area contributed by atoms with Gasteiger partial charge >= 0.3 is 0 Å². The lowest BCUT2D eigenvalue weighted by molar-refractivity contribution is -0.112. The fourth-order valence-corrected chi connectivity index (χ4v) is 4.09. The second-order valence-electron chi connectivity index (χ2n) is 7.14. The highest BCUT2D eigenvalue weighted by molar-refractivity contribution is 9.10. The molecule has 0 atom stereocenters. The minimum absolute atomic E-state index is 0.0724. The van der Waals surface area contributed by atoms with E-state index in [4.69, 9.17) is 37.4 Å². The molecule has 1 N–H and O–H groups in total. The minimum atomic E-state index is -0.538. The first kappa shape index (κ1) is 26.4. The molecule has 0 aliphatic heterocycles. The number of ether oxygens (including phenoxy) is 3. The standard InChI is InChI=1S/C26H21BrCl2N2O4/c1-3-34-24-12-16(10-18(14-30)26(32)31-20-6-8-21(33-2)9-7-20)11-22(27)25(24)35-15-17-4-5-19(28)13-23(17)29/h4-13H,3,15H2,1-2H3,(H,31,32)/b18-10-. The van der Waals surface area contributed by atoms with Gasteiger partial charge in [0.15, 0.2) is 11.5 Å². The maximum absolute atomic E-state index is 12.7. The van der Waals surface area contributed by atoms with E-state index in [-0.39, 0.29) is 12.2 Å². The van der Waals surface area contributed by atoms with Crippen molar-refractivity contribution in [1.82, 2.24) is 0 Å². The van der Waals surface area contributed by atoms with Gasteiger partial charge in [0.25, 0.3) is 5.91 Å². The Kier molecular flexibility index (Phi) is 9.44. The van der Waals surface area contributed by atoms with Gasteiger partial charge in [-0.25, -0.2) is 0 Å². The van der Waals surface area contributed by atoms with Crippen molar-refractivity contribution in [3.63, 3.8) is 0 Å². The van der Waals surface area contributed by atoms with Gasteiger partial charge in [-0.15, -0.1) is 0 Å². The smallest absolute Gasteiger partial charge is 0.266 e. The highest BCUT2D eigenvalue weighted by Gasteiger charge is 2.15. The third-order valence-electron chi connectivity index (χ3n) is 4.74. The summed E-state index contributed by atoms with van der Waals surface area (Å²) in [5.41, 5.74) is 1.81. The second-order valence-corrected chi connectivity index (χ2v) is 8.84. The van der Waals surface area contributed by atoms with Crippen molar-refractivity contribution in [2.45, 2.75) is 13.5 Å². The van der Waals surface area contributed by atoms with E-state index in [1.165, 1.54) is 6.08 Å². The Morgan fingerprint density at radius 1 is 1.11 bits per heavy atom. The van der Waals surface area contributed by atoms with Crippen molar-refractivity contribution in [1.29, 1.82) is 5.26 Å². The molecule has 0 aromatic heterocycles. The Hall–Kier alpha value is -3.18. The highest BCUT2D eigenvalue weighted by Crippen LogP contribution is 2.38. The zero-order valence-corrected chi connectivity index (χ0v) is 22.0. The molecule has 3 rings (SSSR count). The van der Waals surface area contributed by atoms with E-state index >= 15 is 0 Å². The number of amides is 1. The van der Waals surface area contributed by atoms with Gasteiger partial charge in [-0.05, 0) is 83.0 Å². The van der Waals surface area contributed by atoms with Gasteiger partial charge in [0.2, 0.25) is 0 Å². The van der Waals surface area contributed by atoms with Gasteiger partial charge in [0.1, 0.15) is 24.0 Å². The number of rotatable bonds is 9. The van der Waals surface area contributed by atoms with Crippen LogP contribution in [-0.4, -0.2) is 19.6 Å². The normalized spacial score (nSPS) is 10.9. The number of halogens is 3. The Labute approximate surface area is 222 Å². The Bertz CT molecular complexity index is 1290. The molecule has 0 unspecified atom stereocenters. The molecular weight excluding hydrogens is 555 g/mol. The van der Waals surface area contributed by atoms with Gasteiger partial charge in [-0.3, -0.25) is 4.79 Å². The Morgan fingerprint density at radius 2 is 1.86 bits per heavy atom. The van der Waals surface area contributed by atoms with Crippen molar-refractivity contribution < 1.29 is 19.0 Å². The fourth-order valence-electron chi connectivity index (χ4n) is 3.05. The second kappa shape index (κ2) is 12.5. The van der Waals surface area contributed by atoms with E-state index in [9.17, 15) is 10.1 Å². The van der Waals surface area contributed by atoms with E-state index in [0.29, 0.717) is 49.6 Å². The number of hydrogen-bond donors (Lipinski definition) is 1. The molecule has 1 amide bonds. The summed E-state index contributed by atoms with van der Waals surface area (Å²) in [5.74, 6) is 1.04. The van der Waals surface area contributed by atoms with Crippen LogP contribution in [0, 0.1) is 11.3 Å². The molecule has 35 heavy (non-hydrogen) atoms. The van der Waals surface area contributed by atoms with Crippen LogP contribution in [0.3, 0.4) is 0 Å². The molecule has 0 saturated heterocycles. The van der Waals surface area contributed by atoms with Gasteiger partial charge in [-0.2, -0.15) is 5.26 Å². The summed E-state index contributed by atoms with van der Waals surface area (Å²) in [6.45, 7) is 2.43. The Balaban J connectivity index is 1.83. The van der Waals surface area contributed by atoms with Gasteiger partial charge < -0.3 is 19.5 Å². The van der Waals surface area contributed by atoms with E-state index in [2.05, 4.69) is 21.2 Å². The summed E-state index contributed by atoms with van der Waals surface area (Å²) in [6, 6.07) is 17.4. The van der Waals surface area contributed by atoms with Gasteiger partial charge in [0, 0.05) is 21.3 Å². The molecule has 0 radical (unpaired) electrons. The Morgan fingerprint density at radius 3 is 2.49 bits per heavy atom. The maximum atomic E-state index is 12.7. The predicted molar refractivity (Wildman–Crippen MR) is 141 cm³/mol. The summed E-state index contributed by atoms with van der Waals surface area (Å²) in [4.78, 5) is 12.7. The summed E-state index contributed by atoms with van der Waals surface area (Å²) in [7, 11) is 1.56. The summed E-state index contributed by atoms with van der Waals surface area (Å²) >= 11 is 15.7. The zero-order valence-electron chi connectivity index (χ0n) is 18.9. The summed E-state index contributed by atoms with van der Waals surface area (Å²) < 4.78 is 17.4. The van der Waals surface area contributed by atoms with Crippen molar-refractivity contribution in [2.75, 3.05) is 19.0 Å². The van der Waals surface area contributed by atoms with Gasteiger partial charge in [-0.1, -0.05) is 29.3 Å². The summed E-state index contributed by atoms with van der Waals surface area (Å²) in [5, 5.41) is 13.3. The average Bonchev–Trinajstić information content (AvgIpc) is 2.83. The predicted octanol–water partition coefficient (Wildman–Crippen LogP) is 7.29. The maximum Gasteiger partial charge on any atom is 0.266 e. The van der Waals surface area contributed by atoms with Crippen molar-refractivity contribution in [3.05, 3.63) is 85.8 Å². The van der Waals surface area contributed by atoms with Crippen molar-refractivity contribution in [3.8, 4) is 23.3 Å². The molecular formula is C26H21BrCl2N2O4. The van der Waals surface area contributed by atoms with Crippen LogP contribution in [0.25, 0.3) is 6.08 Å². The zero-order chi connectivity index (χ0) is 25.4. The van der Waals surface area contributed by atoms with Crippen LogP contribution in [0.5, 0.6) is 17.2 Å². The lowest BCUT2D eigenvalue weighted by Crippen LogP contribution is -2.13. The first-order valence-electron chi connectivity index (χ1n) is 10.4. The van der Waals surface area contributed by atoms with Crippen molar-refractivity contribution >= 4 is 56.8 Å². The number of anilines is 1. The quantitative estimate of drug-likeness (QED) is 0.214. The molecule has 6 nitrogen and oxygen atoms in total. The third-order valence-corrected chi connectivity index (χ3v) is 5.92. The fraction of sp³-hybridized carbons (Fsp3) is 0.154. The van der Waals surface area contributed by atoms with Crippen LogP contribution < -0.4 is 19.5 Å². The number of hydrogen-bond acceptors (Lipinski definition) is 5. The van der Waals surface area contributed by atoms with Crippen LogP contribution in [0.2, 0.25) is 10.0 Å². The lowest BCUT2D eigenvalue weighted by Gasteiger charge is -2.15. The van der Waals surface area contributed by atoms with E-state index in [1.54, 1.807) is 61.7 Å². The van der Waals surface area contributed by atoms with Crippen LogP contribution >= 0.6 is 39.1 Å². The number of nitrogens with one attached hydrogen (secondary N) is 1. The first-order valence-corrected chi connectivity index (χ1v) is 12.0. The molecule has 0 bridgehead atoms. The van der Waals surface area contributed by atoms with E-state index < -0.39 is 5.91 Å². The molecule has 0 aliphatic carbocycles. The van der Waals surface area contributed by atoms with Crippen LogP contribution in [0.15, 0.2) is 64.6 Å². The van der Waals surface area contributed by atoms with Crippen LogP contribution in [0.1, 0.15) is 18.1 Å². The molecule has 0 spiro atoms. The SMILES string of the molecule is CCOc1cc(/C=C(/C#N)C(=O)Nc2ccc(OC)cc2)cc(Br)c1OCc1ccc(Cl)cc1Cl. The molecule has 3 aromatic rings. The summed E-state index contributed by atoms with van der Waals surface area (Å²) in [6.07, 6.45) is 1.48. The van der Waals surface area contributed by atoms with Gasteiger partial charge in [0.05, 0.1) is 18.2 Å². The largest absolute Gasteiger partial charge is 0.497 e. The number of carbonyl (C=O) groups is 1. The van der Waals surface area contributed by atoms with Crippen molar-refractivity contribution in [2.24, 2.45) is 0 Å². The molecule has 0 heterocycles. The number of benzene rings is 3. The lowest BCUT2D eigenvalue weighted by atomic mass is 10.1. The minimum Gasteiger partial charge on any atom is -0.497 e. The number of carbonyl (C=O) groups excluding carboxylic acids is 1. The molecule has 3 aromatic carbocycles. The number of methoxy groups -OCH3 is 1.